The average molecular weight is 1040 g/mol. The molecule has 0 aromatic rings. The van der Waals surface area contributed by atoms with Gasteiger partial charge in [-0.1, -0.05) is 293 Å². The van der Waals surface area contributed by atoms with Crippen molar-refractivity contribution in [2.45, 2.75) is 341 Å². The van der Waals surface area contributed by atoms with Gasteiger partial charge < -0.3 is 14.2 Å². The minimum atomic E-state index is -0.777. The maximum Gasteiger partial charge on any atom is 0.306 e. The lowest BCUT2D eigenvalue weighted by atomic mass is 10.0. The van der Waals surface area contributed by atoms with Crippen LogP contribution >= 0.6 is 0 Å². The second kappa shape index (κ2) is 62.6. The van der Waals surface area contributed by atoms with Crippen molar-refractivity contribution in [3.63, 3.8) is 0 Å². The van der Waals surface area contributed by atoms with Gasteiger partial charge in [-0.05, 0) is 83.5 Å². The second-order valence-electron chi connectivity index (χ2n) is 21.6. The van der Waals surface area contributed by atoms with E-state index in [1.807, 2.05) is 0 Å². The Balaban J connectivity index is 4.33. The number of unbranched alkanes of at least 4 members (excludes halogenated alkanes) is 38. The van der Waals surface area contributed by atoms with Crippen molar-refractivity contribution in [1.82, 2.24) is 0 Å². The van der Waals surface area contributed by atoms with E-state index in [0.717, 1.165) is 83.5 Å². The van der Waals surface area contributed by atoms with E-state index < -0.39 is 6.10 Å². The number of rotatable bonds is 59. The summed E-state index contributed by atoms with van der Waals surface area (Å²) in [4.78, 5) is 38.3. The zero-order valence-electron chi connectivity index (χ0n) is 49.4. The first-order valence-corrected chi connectivity index (χ1v) is 32.3. The van der Waals surface area contributed by atoms with Crippen LogP contribution in [0.3, 0.4) is 0 Å². The molecule has 1 unspecified atom stereocenters. The van der Waals surface area contributed by atoms with Gasteiger partial charge in [0.1, 0.15) is 13.2 Å². The zero-order valence-corrected chi connectivity index (χ0v) is 49.4. The van der Waals surface area contributed by atoms with Crippen LogP contribution in [0.25, 0.3) is 0 Å². The normalized spacial score (nSPS) is 12.4. The van der Waals surface area contributed by atoms with Gasteiger partial charge in [0, 0.05) is 19.3 Å². The first-order valence-electron chi connectivity index (χ1n) is 32.3. The van der Waals surface area contributed by atoms with Gasteiger partial charge >= 0.3 is 17.9 Å². The van der Waals surface area contributed by atoms with Gasteiger partial charge in [0.05, 0.1) is 0 Å². The molecule has 0 fully saturated rings. The van der Waals surface area contributed by atoms with Crippen molar-refractivity contribution in [2.75, 3.05) is 13.2 Å². The highest BCUT2D eigenvalue weighted by molar-refractivity contribution is 5.71. The first kappa shape index (κ1) is 71.1. The van der Waals surface area contributed by atoms with Gasteiger partial charge in [-0.15, -0.1) is 0 Å². The Morgan fingerprint density at radius 3 is 0.838 bits per heavy atom. The lowest BCUT2D eigenvalue weighted by Gasteiger charge is -2.18. The van der Waals surface area contributed by atoms with E-state index in [-0.39, 0.29) is 31.1 Å². The number of allylic oxidation sites excluding steroid dienone is 10. The minimum absolute atomic E-state index is 0.0732. The van der Waals surface area contributed by atoms with Crippen molar-refractivity contribution >= 4 is 17.9 Å². The van der Waals surface area contributed by atoms with E-state index in [9.17, 15) is 14.4 Å². The monoisotopic (exact) mass is 1030 g/mol. The average Bonchev–Trinajstić information content (AvgIpc) is 3.40. The van der Waals surface area contributed by atoms with Crippen LogP contribution in [0.4, 0.5) is 0 Å². The number of ether oxygens (including phenoxy) is 3. The standard InChI is InChI=1S/C68H122O6/c1-4-7-10-13-16-19-22-25-28-31-32-33-34-35-36-38-40-43-46-49-52-55-58-61-67(70)73-64-65(63-72-66(69)60-57-54-51-48-45-42-39-30-27-24-21-18-15-12-9-6-3)74-68(71)62-59-56-53-50-47-44-41-37-29-26-23-20-17-14-11-8-5-2/h7,10,16,19,25-26,28-29,32-33,65H,4-6,8-9,11-15,17-18,20-24,27,30-31,34-64H2,1-3H3/b10-7-,19-16-,28-25-,29-26-,33-32-. The molecule has 0 radical (unpaired) electrons. The van der Waals surface area contributed by atoms with Gasteiger partial charge in [0.2, 0.25) is 0 Å². The highest BCUT2D eigenvalue weighted by Gasteiger charge is 2.19. The van der Waals surface area contributed by atoms with Gasteiger partial charge in [0.25, 0.3) is 0 Å². The molecule has 0 aromatic carbocycles. The molecule has 0 aromatic heterocycles. The SMILES string of the molecule is CC/C=C\C/C=C\C/C=C\C/C=C\CCCCCCCCCCCCC(=O)OCC(COC(=O)CCCCCCCCCCCCCCCCCC)OC(=O)CCCCCCCCC/C=C\CCCCCCCC. The molecule has 0 aliphatic heterocycles. The zero-order chi connectivity index (χ0) is 53.6. The van der Waals surface area contributed by atoms with Crippen LogP contribution in [-0.2, 0) is 28.6 Å². The smallest absolute Gasteiger partial charge is 0.306 e. The van der Waals surface area contributed by atoms with Crippen LogP contribution in [0.2, 0.25) is 0 Å². The van der Waals surface area contributed by atoms with Crippen molar-refractivity contribution in [3.05, 3.63) is 60.8 Å². The van der Waals surface area contributed by atoms with Crippen LogP contribution < -0.4 is 0 Å². The third-order valence-corrected chi connectivity index (χ3v) is 14.3. The Morgan fingerprint density at radius 2 is 0.527 bits per heavy atom. The summed E-state index contributed by atoms with van der Waals surface area (Å²) in [5.41, 5.74) is 0. The summed E-state index contributed by atoms with van der Waals surface area (Å²) in [7, 11) is 0. The lowest BCUT2D eigenvalue weighted by molar-refractivity contribution is -0.167. The quantitative estimate of drug-likeness (QED) is 0.0261. The molecule has 0 spiro atoms. The molecule has 6 nitrogen and oxygen atoms in total. The molecule has 0 heterocycles. The van der Waals surface area contributed by atoms with E-state index in [4.69, 9.17) is 14.2 Å². The van der Waals surface area contributed by atoms with Crippen molar-refractivity contribution in [2.24, 2.45) is 0 Å². The number of carbonyl (C=O) groups is 3. The first-order chi connectivity index (χ1) is 36.5. The highest BCUT2D eigenvalue weighted by atomic mass is 16.6. The fourth-order valence-corrected chi connectivity index (χ4v) is 9.43. The maximum atomic E-state index is 12.9. The van der Waals surface area contributed by atoms with Crippen molar-refractivity contribution in [1.29, 1.82) is 0 Å². The highest BCUT2D eigenvalue weighted by Crippen LogP contribution is 2.17. The minimum Gasteiger partial charge on any atom is -0.462 e. The van der Waals surface area contributed by atoms with Crippen LogP contribution in [0.5, 0.6) is 0 Å². The Bertz CT molecular complexity index is 1330. The summed E-state index contributed by atoms with van der Waals surface area (Å²) < 4.78 is 17.0. The van der Waals surface area contributed by atoms with E-state index in [0.29, 0.717) is 19.3 Å². The summed E-state index contributed by atoms with van der Waals surface area (Å²) in [6, 6.07) is 0. The Labute approximate surface area is 460 Å². The summed E-state index contributed by atoms with van der Waals surface area (Å²) in [6.07, 6.45) is 79.3. The molecule has 0 rings (SSSR count). The fraction of sp³-hybridized carbons (Fsp3) is 0.809. The Hall–Kier alpha value is -2.89. The van der Waals surface area contributed by atoms with Gasteiger partial charge in [-0.2, -0.15) is 0 Å². The molecule has 0 amide bonds. The largest absolute Gasteiger partial charge is 0.462 e. The molecule has 0 saturated carbocycles. The number of hydrogen-bond acceptors (Lipinski definition) is 6. The number of hydrogen-bond donors (Lipinski definition) is 0. The molecule has 0 aliphatic carbocycles. The van der Waals surface area contributed by atoms with Gasteiger partial charge in [-0.3, -0.25) is 14.4 Å². The molecular formula is C68H122O6. The van der Waals surface area contributed by atoms with E-state index >= 15 is 0 Å². The third-order valence-electron chi connectivity index (χ3n) is 14.3. The molecular weight excluding hydrogens is 913 g/mol. The lowest BCUT2D eigenvalue weighted by Crippen LogP contribution is -2.30. The molecule has 430 valence electrons. The molecule has 0 aliphatic rings. The van der Waals surface area contributed by atoms with Crippen LogP contribution in [0.15, 0.2) is 60.8 Å². The van der Waals surface area contributed by atoms with Crippen LogP contribution in [0.1, 0.15) is 335 Å². The summed E-state index contributed by atoms with van der Waals surface area (Å²) >= 11 is 0. The van der Waals surface area contributed by atoms with Gasteiger partial charge in [0.15, 0.2) is 6.10 Å². The van der Waals surface area contributed by atoms with Crippen LogP contribution in [0, 0.1) is 0 Å². The third kappa shape index (κ3) is 60.0. The molecule has 1 atom stereocenters. The Kier molecular flexibility index (Phi) is 60.2. The van der Waals surface area contributed by atoms with Crippen molar-refractivity contribution < 1.29 is 28.6 Å². The summed E-state index contributed by atoms with van der Waals surface area (Å²) in [6.45, 7) is 6.57. The number of carbonyl (C=O) groups excluding carboxylic acids is 3. The molecule has 0 saturated heterocycles. The van der Waals surface area contributed by atoms with Crippen molar-refractivity contribution in [3.8, 4) is 0 Å². The predicted octanol–water partition coefficient (Wildman–Crippen LogP) is 21.9. The predicted molar refractivity (Wildman–Crippen MR) is 321 cm³/mol. The van der Waals surface area contributed by atoms with Gasteiger partial charge in [-0.25, -0.2) is 0 Å². The molecule has 0 bridgehead atoms. The molecule has 74 heavy (non-hydrogen) atoms. The topological polar surface area (TPSA) is 78.9 Å². The maximum absolute atomic E-state index is 12.9. The van der Waals surface area contributed by atoms with E-state index in [1.54, 1.807) is 0 Å². The summed E-state index contributed by atoms with van der Waals surface area (Å²) in [5, 5.41) is 0. The summed E-state index contributed by atoms with van der Waals surface area (Å²) in [5.74, 6) is -0.862. The fourth-order valence-electron chi connectivity index (χ4n) is 9.43. The van der Waals surface area contributed by atoms with E-state index in [2.05, 4.69) is 81.5 Å². The van der Waals surface area contributed by atoms with E-state index in [1.165, 1.54) is 212 Å². The molecule has 0 N–H and O–H groups in total. The Morgan fingerprint density at radius 1 is 0.284 bits per heavy atom. The van der Waals surface area contributed by atoms with Crippen LogP contribution in [-0.4, -0.2) is 37.2 Å². The number of esters is 3. The molecule has 6 heteroatoms. The second-order valence-corrected chi connectivity index (χ2v) is 21.6.